The number of nitrogens with one attached hydrogen (secondary N) is 5. The van der Waals surface area contributed by atoms with Gasteiger partial charge in [0.2, 0.25) is 18.2 Å². The van der Waals surface area contributed by atoms with E-state index in [4.69, 9.17) is 0 Å². The van der Waals surface area contributed by atoms with Crippen molar-refractivity contribution < 1.29 is 19.2 Å². The highest BCUT2D eigenvalue weighted by Gasteiger charge is 2.19. The van der Waals surface area contributed by atoms with Crippen LogP contribution in [0, 0.1) is 0 Å². The van der Waals surface area contributed by atoms with Crippen molar-refractivity contribution in [3.63, 3.8) is 0 Å². The Morgan fingerprint density at radius 2 is 2.13 bits per heavy atom. The molecule has 1 heterocycles. The lowest BCUT2D eigenvalue weighted by molar-refractivity contribution is -0.128. The van der Waals surface area contributed by atoms with E-state index in [1.165, 1.54) is 19.3 Å². The molecule has 1 aliphatic rings. The molecule has 2 unspecified atom stereocenters. The number of alkyl halides is 1. The quantitative estimate of drug-likeness (QED) is 0.165. The minimum atomic E-state index is -0.836. The van der Waals surface area contributed by atoms with Crippen molar-refractivity contribution in [1.29, 1.82) is 0 Å². The number of amides is 4. The van der Waals surface area contributed by atoms with E-state index in [0.717, 1.165) is 5.56 Å². The molecule has 4 amide bonds. The number of hydrogen-bond donors (Lipinski definition) is 5. The zero-order valence-electron chi connectivity index (χ0n) is 17.0. The maximum Gasteiger partial charge on any atom is 0.254 e. The fourth-order valence-electron chi connectivity index (χ4n) is 2.60. The van der Waals surface area contributed by atoms with E-state index in [1.54, 1.807) is 18.2 Å². The van der Waals surface area contributed by atoms with Crippen LogP contribution in [0.2, 0.25) is 0 Å². The molecule has 0 aliphatic carbocycles. The summed E-state index contributed by atoms with van der Waals surface area (Å²) in [5.74, 6) is -1.34. The first-order valence-electron chi connectivity index (χ1n) is 9.62. The standard InChI is InChI=1S/C20H25BrN6O4/c1-13(26-20(31)15-9-23-17(8-21)24-10-15)19(30)25-11-18(29)27-16-4-2-3-14(7-16)5-6-22-12-28/h2-4,7,9-10,12-13,17,23H,5-6,8,11H2,1H3,(H,22,28)(H,25,30)(H,26,31)(H,27,29). The maximum absolute atomic E-state index is 12.2. The summed E-state index contributed by atoms with van der Waals surface area (Å²) in [7, 11) is 0. The highest BCUT2D eigenvalue weighted by Crippen LogP contribution is 2.10. The molecule has 31 heavy (non-hydrogen) atoms. The van der Waals surface area contributed by atoms with Crippen molar-refractivity contribution in [3.8, 4) is 0 Å². The van der Waals surface area contributed by atoms with Crippen LogP contribution >= 0.6 is 15.9 Å². The van der Waals surface area contributed by atoms with Gasteiger partial charge in [-0.2, -0.15) is 0 Å². The Morgan fingerprint density at radius 3 is 2.81 bits per heavy atom. The normalized spacial score (nSPS) is 15.7. The van der Waals surface area contributed by atoms with Gasteiger partial charge in [0.25, 0.3) is 5.91 Å². The van der Waals surface area contributed by atoms with Crippen LogP contribution in [0.4, 0.5) is 5.69 Å². The van der Waals surface area contributed by atoms with Crippen molar-refractivity contribution >= 4 is 52.0 Å². The molecule has 0 aromatic heterocycles. The van der Waals surface area contributed by atoms with Crippen LogP contribution < -0.4 is 26.6 Å². The summed E-state index contributed by atoms with van der Waals surface area (Å²) in [6.07, 6.45) is 4.11. The molecule has 0 bridgehead atoms. The smallest absolute Gasteiger partial charge is 0.254 e. The summed E-state index contributed by atoms with van der Waals surface area (Å²) in [5, 5.41) is 13.9. The van der Waals surface area contributed by atoms with E-state index in [0.29, 0.717) is 36.0 Å². The summed E-state index contributed by atoms with van der Waals surface area (Å²) >= 11 is 3.29. The zero-order valence-corrected chi connectivity index (χ0v) is 18.6. The minimum absolute atomic E-state index is 0.135. The molecule has 1 aliphatic heterocycles. The molecule has 0 saturated carbocycles. The Hall–Kier alpha value is -3.21. The largest absolute Gasteiger partial charge is 0.368 e. The number of halogens is 1. The first kappa shape index (κ1) is 24.1. The maximum atomic E-state index is 12.2. The zero-order chi connectivity index (χ0) is 22.6. The lowest BCUT2D eigenvalue weighted by Gasteiger charge is -2.18. The number of aliphatic imine (C=N–C) groups is 1. The van der Waals surface area contributed by atoms with Gasteiger partial charge < -0.3 is 26.6 Å². The predicted octanol–water partition coefficient (Wildman–Crippen LogP) is -0.187. The second-order valence-electron chi connectivity index (χ2n) is 6.70. The monoisotopic (exact) mass is 492 g/mol. The second kappa shape index (κ2) is 12.5. The van der Waals surface area contributed by atoms with Gasteiger partial charge in [-0.25, -0.2) is 0 Å². The Morgan fingerprint density at radius 1 is 1.32 bits per heavy atom. The first-order chi connectivity index (χ1) is 14.9. The number of carbonyl (C=O) groups is 4. The highest BCUT2D eigenvalue weighted by atomic mass is 79.9. The Kier molecular flexibility index (Phi) is 9.69. The summed E-state index contributed by atoms with van der Waals surface area (Å²) in [6, 6.07) is 6.36. The molecule has 10 nitrogen and oxygen atoms in total. The third-order valence-corrected chi connectivity index (χ3v) is 4.86. The average Bonchev–Trinajstić information content (AvgIpc) is 2.78. The number of nitrogens with zero attached hydrogens (tertiary/aromatic N) is 1. The summed E-state index contributed by atoms with van der Waals surface area (Å²) < 4.78 is 0. The Bertz CT molecular complexity index is 873. The Balaban J connectivity index is 1.76. The molecule has 1 aromatic carbocycles. The molecule has 166 valence electrons. The molecule has 2 rings (SSSR count). The SMILES string of the molecule is CC(NC(=O)C1=CNC(CBr)N=C1)C(=O)NCC(=O)Nc1cccc(CCNC=O)c1. The van der Waals surface area contributed by atoms with Crippen LogP contribution in [0.25, 0.3) is 0 Å². The van der Waals surface area contributed by atoms with Gasteiger partial charge in [0.15, 0.2) is 0 Å². The van der Waals surface area contributed by atoms with Gasteiger partial charge in [0.1, 0.15) is 12.2 Å². The van der Waals surface area contributed by atoms with Crippen LogP contribution in [-0.2, 0) is 25.6 Å². The third kappa shape index (κ3) is 8.21. The molecule has 11 heteroatoms. The second-order valence-corrected chi connectivity index (χ2v) is 7.35. The van der Waals surface area contributed by atoms with E-state index in [9.17, 15) is 19.2 Å². The molecule has 5 N–H and O–H groups in total. The van der Waals surface area contributed by atoms with Gasteiger partial charge in [-0.05, 0) is 31.0 Å². The Labute approximate surface area is 188 Å². The molecule has 2 atom stereocenters. The van der Waals surface area contributed by atoms with E-state index in [2.05, 4.69) is 47.5 Å². The lowest BCUT2D eigenvalue weighted by atomic mass is 10.1. The van der Waals surface area contributed by atoms with Gasteiger partial charge in [-0.3, -0.25) is 24.2 Å². The summed E-state index contributed by atoms with van der Waals surface area (Å²) in [5.41, 5.74) is 1.84. The van der Waals surface area contributed by atoms with Crippen molar-refractivity contribution in [3.05, 3.63) is 41.6 Å². The van der Waals surface area contributed by atoms with E-state index >= 15 is 0 Å². The number of rotatable bonds is 11. The van der Waals surface area contributed by atoms with Crippen LogP contribution in [0.3, 0.4) is 0 Å². The van der Waals surface area contributed by atoms with Crippen LogP contribution in [-0.4, -0.2) is 61.0 Å². The first-order valence-corrected chi connectivity index (χ1v) is 10.7. The molecule has 0 saturated heterocycles. The molecular weight excluding hydrogens is 468 g/mol. The highest BCUT2D eigenvalue weighted by molar-refractivity contribution is 9.09. The van der Waals surface area contributed by atoms with Crippen LogP contribution in [0.5, 0.6) is 0 Å². The number of benzene rings is 1. The van der Waals surface area contributed by atoms with Gasteiger partial charge in [-0.1, -0.05) is 28.1 Å². The lowest BCUT2D eigenvalue weighted by Crippen LogP contribution is -2.47. The van der Waals surface area contributed by atoms with E-state index in [-0.39, 0.29) is 12.7 Å². The van der Waals surface area contributed by atoms with Crippen molar-refractivity contribution in [2.24, 2.45) is 4.99 Å². The fraction of sp³-hybridized carbons (Fsp3) is 0.350. The van der Waals surface area contributed by atoms with Gasteiger partial charge >= 0.3 is 0 Å². The van der Waals surface area contributed by atoms with Crippen molar-refractivity contribution in [2.75, 3.05) is 23.7 Å². The topological polar surface area (TPSA) is 141 Å². The summed E-state index contributed by atoms with van der Waals surface area (Å²) in [4.78, 5) is 51.0. The predicted molar refractivity (Wildman–Crippen MR) is 121 cm³/mol. The fourth-order valence-corrected chi connectivity index (χ4v) is 2.95. The minimum Gasteiger partial charge on any atom is -0.368 e. The number of anilines is 1. The number of carbonyl (C=O) groups excluding carboxylic acids is 4. The molecular formula is C20H25BrN6O4. The molecule has 0 radical (unpaired) electrons. The molecule has 1 aromatic rings. The molecule has 0 spiro atoms. The van der Waals surface area contributed by atoms with Gasteiger partial charge in [0.05, 0.1) is 12.1 Å². The van der Waals surface area contributed by atoms with Crippen LogP contribution in [0.15, 0.2) is 41.0 Å². The van der Waals surface area contributed by atoms with Crippen LogP contribution in [0.1, 0.15) is 12.5 Å². The van der Waals surface area contributed by atoms with Crippen molar-refractivity contribution in [1.82, 2.24) is 21.3 Å². The summed E-state index contributed by atoms with van der Waals surface area (Å²) in [6.45, 7) is 1.78. The average molecular weight is 493 g/mol. The van der Waals surface area contributed by atoms with E-state index < -0.39 is 23.8 Å². The molecule has 0 fully saturated rings. The van der Waals surface area contributed by atoms with Gasteiger partial charge in [0, 0.05) is 30.0 Å². The van der Waals surface area contributed by atoms with E-state index in [1.807, 2.05) is 6.07 Å². The number of hydrogen-bond acceptors (Lipinski definition) is 6. The third-order valence-electron chi connectivity index (χ3n) is 4.25. The van der Waals surface area contributed by atoms with Crippen molar-refractivity contribution in [2.45, 2.75) is 25.6 Å². The van der Waals surface area contributed by atoms with Gasteiger partial charge in [-0.15, -0.1) is 0 Å².